The number of nitrogens with zero attached hydrogens (tertiary/aromatic N) is 2. The molecule has 8 rings (SSSR count). The van der Waals surface area contributed by atoms with Crippen molar-refractivity contribution in [2.45, 2.75) is 132 Å². The molecular weight excluding hydrogens is 755 g/mol. The van der Waals surface area contributed by atoms with Crippen molar-refractivity contribution in [1.29, 1.82) is 0 Å². The zero-order chi connectivity index (χ0) is 43.4. The van der Waals surface area contributed by atoms with Crippen LogP contribution in [0.15, 0.2) is 36.4 Å². The van der Waals surface area contributed by atoms with Crippen LogP contribution in [-0.2, 0) is 19.1 Å². The van der Waals surface area contributed by atoms with Gasteiger partial charge in [0.2, 0.25) is 5.91 Å². The van der Waals surface area contributed by atoms with Crippen molar-refractivity contribution in [3.63, 3.8) is 0 Å². The molecule has 1 aromatic carbocycles. The molecule has 6 aliphatic rings. The molecule has 2 N–H and O–H groups in total. The fraction of sp³-hybridized carbons (Fsp3) is 0.720. The van der Waals surface area contributed by atoms with Crippen molar-refractivity contribution >= 4 is 34.7 Å². The van der Waals surface area contributed by atoms with E-state index >= 15 is 4.79 Å². The fourth-order valence-corrected chi connectivity index (χ4v) is 15.3. The number of carboxylic acid groups (broad SMARTS) is 1. The number of methoxy groups -OCH3 is 1. The van der Waals surface area contributed by atoms with Crippen LogP contribution in [0.2, 0.25) is 0 Å². The predicted octanol–water partition coefficient (Wildman–Crippen LogP) is 9.53. The summed E-state index contributed by atoms with van der Waals surface area (Å²) in [6.45, 7) is 24.4. The van der Waals surface area contributed by atoms with Gasteiger partial charge in [-0.05, 0) is 155 Å². The zero-order valence-corrected chi connectivity index (χ0v) is 37.9. The van der Waals surface area contributed by atoms with Crippen molar-refractivity contribution in [2.24, 2.45) is 62.1 Å². The summed E-state index contributed by atoms with van der Waals surface area (Å²) in [5, 5.41) is 10.6. The van der Waals surface area contributed by atoms with E-state index < -0.39 is 22.8 Å². The number of hydrogen-bond donors (Lipinski definition) is 2. The smallest absolute Gasteiger partial charge is 0.309 e. The molecule has 2 heterocycles. The topological polar surface area (TPSA) is 129 Å². The first-order chi connectivity index (χ1) is 28.1. The van der Waals surface area contributed by atoms with E-state index in [0.29, 0.717) is 61.5 Å². The number of aliphatic carboxylic acids is 1. The third-order valence-corrected chi connectivity index (χ3v) is 18.8. The summed E-state index contributed by atoms with van der Waals surface area (Å²) in [5.41, 5.74) is 1.12. The Morgan fingerprint density at radius 1 is 0.850 bits per heavy atom. The zero-order valence-electron chi connectivity index (χ0n) is 37.9. The molecule has 10 heteroatoms. The number of rotatable bonds is 8. The van der Waals surface area contributed by atoms with E-state index in [9.17, 15) is 19.5 Å². The number of carbonyl (C=O) groups excluding carboxylic acids is 3. The lowest BCUT2D eigenvalue weighted by Crippen LogP contribution is -2.68. The van der Waals surface area contributed by atoms with E-state index in [4.69, 9.17) is 9.47 Å². The number of benzene rings is 1. The summed E-state index contributed by atoms with van der Waals surface area (Å²) in [7, 11) is 1.64. The number of carboxylic acids is 1. The lowest BCUT2D eigenvalue weighted by Gasteiger charge is -2.73. The molecule has 10 atom stereocenters. The van der Waals surface area contributed by atoms with Crippen molar-refractivity contribution in [3.8, 4) is 5.75 Å². The lowest BCUT2D eigenvalue weighted by atomic mass is 9.32. The summed E-state index contributed by atoms with van der Waals surface area (Å²) in [4.78, 5) is 61.2. The van der Waals surface area contributed by atoms with Crippen molar-refractivity contribution in [1.82, 2.24) is 14.8 Å². The summed E-state index contributed by atoms with van der Waals surface area (Å²) in [5.74, 6) is 1.54. The molecule has 10 nitrogen and oxygen atoms in total. The van der Waals surface area contributed by atoms with Crippen LogP contribution < -0.4 is 4.74 Å². The normalized spacial score (nSPS) is 37.3. The van der Waals surface area contributed by atoms with E-state index in [-0.39, 0.29) is 46.0 Å². The van der Waals surface area contributed by atoms with Gasteiger partial charge in [0, 0.05) is 42.5 Å². The molecule has 60 heavy (non-hydrogen) atoms. The fourth-order valence-electron chi connectivity index (χ4n) is 15.3. The third-order valence-electron chi connectivity index (χ3n) is 18.8. The predicted molar refractivity (Wildman–Crippen MR) is 232 cm³/mol. The first-order valence-corrected chi connectivity index (χ1v) is 23.0. The number of aromatic nitrogens is 1. The van der Waals surface area contributed by atoms with Crippen molar-refractivity contribution in [3.05, 3.63) is 42.1 Å². The van der Waals surface area contributed by atoms with Gasteiger partial charge in [-0.15, -0.1) is 0 Å². The van der Waals surface area contributed by atoms with Gasteiger partial charge in [0.25, 0.3) is 5.91 Å². The highest BCUT2D eigenvalue weighted by atomic mass is 16.5. The molecule has 328 valence electrons. The second-order valence-corrected chi connectivity index (χ2v) is 22.3. The monoisotopic (exact) mass is 826 g/mol. The Kier molecular flexibility index (Phi) is 10.5. The number of amides is 2. The number of esters is 1. The summed E-state index contributed by atoms with van der Waals surface area (Å²) in [6, 6.07) is 7.66. The first-order valence-electron chi connectivity index (χ1n) is 23.0. The number of hydrogen-bond acceptors (Lipinski definition) is 6. The molecule has 6 fully saturated rings. The van der Waals surface area contributed by atoms with E-state index in [2.05, 4.69) is 58.0 Å². The summed E-state index contributed by atoms with van der Waals surface area (Å²) >= 11 is 0. The molecule has 5 saturated carbocycles. The quantitative estimate of drug-likeness (QED) is 0.200. The molecular formula is C50H71N3O7. The largest absolute Gasteiger partial charge is 0.497 e. The Bertz CT molecular complexity index is 2080. The van der Waals surface area contributed by atoms with E-state index in [1.54, 1.807) is 21.0 Å². The molecule has 1 aliphatic heterocycles. The Morgan fingerprint density at radius 3 is 2.22 bits per heavy atom. The summed E-state index contributed by atoms with van der Waals surface area (Å²) < 4.78 is 11.6. The van der Waals surface area contributed by atoms with Crippen LogP contribution in [0.25, 0.3) is 10.9 Å². The number of allylic oxidation sites excluding steroid dienone is 1. The van der Waals surface area contributed by atoms with Gasteiger partial charge in [-0.3, -0.25) is 19.2 Å². The van der Waals surface area contributed by atoms with E-state index in [1.165, 1.54) is 5.57 Å². The Hall–Kier alpha value is -3.82. The Balaban J connectivity index is 0.995. The van der Waals surface area contributed by atoms with Gasteiger partial charge in [-0.1, -0.05) is 46.8 Å². The highest BCUT2D eigenvalue weighted by Crippen LogP contribution is 2.77. The number of ether oxygens (including phenoxy) is 2. The number of nitrogens with one attached hydrogen (secondary N) is 1. The van der Waals surface area contributed by atoms with Crippen LogP contribution in [0.5, 0.6) is 5.75 Å². The molecule has 5 aliphatic carbocycles. The highest BCUT2D eigenvalue weighted by molar-refractivity contribution is 5.98. The van der Waals surface area contributed by atoms with Gasteiger partial charge in [0.05, 0.1) is 24.4 Å². The maximum atomic E-state index is 15.2. The average Bonchev–Trinajstić information content (AvgIpc) is 3.81. The molecule has 0 unspecified atom stereocenters. The number of aromatic amines is 1. The maximum absolute atomic E-state index is 15.2. The lowest BCUT2D eigenvalue weighted by molar-refractivity contribution is -0.250. The minimum atomic E-state index is -1.17. The average molecular weight is 826 g/mol. The third kappa shape index (κ3) is 6.36. The van der Waals surface area contributed by atoms with Gasteiger partial charge in [-0.25, -0.2) is 0 Å². The molecule has 2 amide bonds. The van der Waals surface area contributed by atoms with Crippen LogP contribution in [0.3, 0.4) is 0 Å². The van der Waals surface area contributed by atoms with Crippen LogP contribution in [0.1, 0.15) is 137 Å². The minimum absolute atomic E-state index is 0.0314. The minimum Gasteiger partial charge on any atom is -0.497 e. The number of H-pyrrole nitrogens is 1. The van der Waals surface area contributed by atoms with Gasteiger partial charge in [-0.2, -0.15) is 0 Å². The van der Waals surface area contributed by atoms with Gasteiger partial charge in [0.15, 0.2) is 0 Å². The van der Waals surface area contributed by atoms with Gasteiger partial charge >= 0.3 is 11.9 Å². The van der Waals surface area contributed by atoms with Crippen LogP contribution in [-0.4, -0.2) is 83.0 Å². The Labute approximate surface area is 357 Å². The van der Waals surface area contributed by atoms with Crippen molar-refractivity contribution < 1.29 is 33.8 Å². The van der Waals surface area contributed by atoms with Gasteiger partial charge < -0.3 is 29.4 Å². The molecule has 0 bridgehead atoms. The molecule has 1 saturated heterocycles. The SMILES string of the molecule is C=C(C)[C@@H]1CC[C@]2(C(=O)N3CCN(C(=O)c4cc5cc(OC)ccc5[nH]4)CC3)CC[C@]3(C)[C@H](CC[C@@H]4[C@@]5(C)CC[C@H](OC(=O)CC(C)(C)C(=O)O)C(C)(C)[C@@H]5CC[C@]43C)[C@@H]12. The summed E-state index contributed by atoms with van der Waals surface area (Å²) in [6.07, 6.45) is 9.74. The number of carbonyl (C=O) groups is 4. The Morgan fingerprint density at radius 2 is 1.55 bits per heavy atom. The molecule has 1 aromatic heterocycles. The van der Waals surface area contributed by atoms with Crippen LogP contribution >= 0.6 is 0 Å². The highest BCUT2D eigenvalue weighted by Gasteiger charge is 2.72. The van der Waals surface area contributed by atoms with Crippen molar-refractivity contribution in [2.75, 3.05) is 33.3 Å². The van der Waals surface area contributed by atoms with Crippen LogP contribution in [0, 0.1) is 62.1 Å². The first kappa shape index (κ1) is 42.9. The second-order valence-electron chi connectivity index (χ2n) is 22.3. The van der Waals surface area contributed by atoms with Crippen LogP contribution in [0.4, 0.5) is 0 Å². The van der Waals surface area contributed by atoms with Gasteiger partial charge in [0.1, 0.15) is 17.5 Å². The maximum Gasteiger partial charge on any atom is 0.309 e. The number of piperazine rings is 1. The van der Waals surface area contributed by atoms with E-state index in [1.807, 2.05) is 29.2 Å². The van der Waals surface area contributed by atoms with E-state index in [0.717, 1.165) is 80.9 Å². The number of fused-ring (bicyclic) bond motifs is 8. The molecule has 0 radical (unpaired) electrons. The molecule has 2 aromatic rings. The second kappa shape index (κ2) is 14.6. The standard InChI is InChI=1S/C50H71N3O7/c1-30(2)33-15-20-50(43(56)53-25-23-52(24-26-53)42(55)36-28-31-27-32(59-10)11-13-35(31)51-36)22-21-48(8)34(41(33)50)12-14-38-47(7)18-17-39(60-40(54)29-45(3,4)44(57)58)46(5,6)37(47)16-19-49(38,48)9/h11,13,27-28,33-34,37-39,41,51H,1,12,14-26,29H2,2-10H3,(H,57,58)/t33-,34+,37-,38+,39-,41+,47-,48+,49+,50-/m0/s1. The molecule has 0 spiro atoms.